The molecule has 1 aromatic rings. The normalized spacial score (nSPS) is 22.4. The standard InChI is InChI=1S/C16H24N2O2/c1-12-9-14-10-13(11-15(19-2)16(14)20-12)3-6-18-7-4-17-5-8-18/h10-12,17H,3-9H2,1-2H3. The molecule has 1 saturated heterocycles. The summed E-state index contributed by atoms with van der Waals surface area (Å²) >= 11 is 0. The van der Waals surface area contributed by atoms with Crippen molar-refractivity contribution in [3.63, 3.8) is 0 Å². The Hall–Kier alpha value is -1.26. The van der Waals surface area contributed by atoms with Gasteiger partial charge in [-0.1, -0.05) is 6.07 Å². The van der Waals surface area contributed by atoms with E-state index in [1.165, 1.54) is 11.1 Å². The van der Waals surface area contributed by atoms with Crippen molar-refractivity contribution in [3.8, 4) is 11.5 Å². The Morgan fingerprint density at radius 2 is 2.15 bits per heavy atom. The van der Waals surface area contributed by atoms with Crippen LogP contribution in [0.15, 0.2) is 12.1 Å². The van der Waals surface area contributed by atoms with Gasteiger partial charge in [-0.15, -0.1) is 0 Å². The smallest absolute Gasteiger partial charge is 0.164 e. The molecule has 0 amide bonds. The van der Waals surface area contributed by atoms with Crippen molar-refractivity contribution >= 4 is 0 Å². The highest BCUT2D eigenvalue weighted by Crippen LogP contribution is 2.39. The molecule has 2 heterocycles. The highest BCUT2D eigenvalue weighted by Gasteiger charge is 2.23. The van der Waals surface area contributed by atoms with Crippen LogP contribution in [-0.4, -0.2) is 50.8 Å². The molecular formula is C16H24N2O2. The molecule has 0 radical (unpaired) electrons. The molecule has 0 aliphatic carbocycles. The van der Waals surface area contributed by atoms with Gasteiger partial charge in [0.2, 0.25) is 0 Å². The van der Waals surface area contributed by atoms with Gasteiger partial charge in [0.25, 0.3) is 0 Å². The van der Waals surface area contributed by atoms with Crippen molar-refractivity contribution in [2.24, 2.45) is 0 Å². The Balaban J connectivity index is 1.69. The molecule has 2 aliphatic rings. The van der Waals surface area contributed by atoms with Gasteiger partial charge in [-0.05, 0) is 25.0 Å². The number of hydrogen-bond acceptors (Lipinski definition) is 4. The predicted octanol–water partition coefficient (Wildman–Crippen LogP) is 1.47. The van der Waals surface area contributed by atoms with Crippen molar-refractivity contribution in [1.82, 2.24) is 10.2 Å². The summed E-state index contributed by atoms with van der Waals surface area (Å²) in [7, 11) is 1.72. The minimum absolute atomic E-state index is 0.266. The third kappa shape index (κ3) is 2.91. The number of hydrogen-bond donors (Lipinski definition) is 1. The maximum absolute atomic E-state index is 5.83. The number of fused-ring (bicyclic) bond motifs is 1. The van der Waals surface area contributed by atoms with Gasteiger partial charge in [0, 0.05) is 44.7 Å². The number of ether oxygens (including phenoxy) is 2. The molecule has 110 valence electrons. The zero-order valence-corrected chi connectivity index (χ0v) is 12.4. The van der Waals surface area contributed by atoms with Crippen LogP contribution in [0.3, 0.4) is 0 Å². The van der Waals surface area contributed by atoms with Gasteiger partial charge in [0.05, 0.1) is 7.11 Å². The number of piperazine rings is 1. The second-order valence-corrected chi connectivity index (χ2v) is 5.76. The fraction of sp³-hybridized carbons (Fsp3) is 0.625. The first-order valence-electron chi connectivity index (χ1n) is 7.56. The van der Waals surface area contributed by atoms with Gasteiger partial charge in [-0.2, -0.15) is 0 Å². The number of rotatable bonds is 4. The van der Waals surface area contributed by atoms with Gasteiger partial charge in [-0.25, -0.2) is 0 Å². The molecule has 1 fully saturated rings. The van der Waals surface area contributed by atoms with Gasteiger partial charge in [-0.3, -0.25) is 0 Å². The average Bonchev–Trinajstić information content (AvgIpc) is 2.85. The van der Waals surface area contributed by atoms with Crippen LogP contribution in [-0.2, 0) is 12.8 Å². The van der Waals surface area contributed by atoms with E-state index in [-0.39, 0.29) is 6.10 Å². The zero-order chi connectivity index (χ0) is 13.9. The van der Waals surface area contributed by atoms with E-state index in [2.05, 4.69) is 29.3 Å². The van der Waals surface area contributed by atoms with E-state index in [1.54, 1.807) is 7.11 Å². The largest absolute Gasteiger partial charge is 0.493 e. The van der Waals surface area contributed by atoms with Crippen LogP contribution >= 0.6 is 0 Å². The molecule has 0 saturated carbocycles. The minimum atomic E-state index is 0.266. The zero-order valence-electron chi connectivity index (χ0n) is 12.4. The lowest BCUT2D eigenvalue weighted by atomic mass is 10.0. The van der Waals surface area contributed by atoms with E-state index < -0.39 is 0 Å². The van der Waals surface area contributed by atoms with E-state index in [1.807, 2.05) is 0 Å². The summed E-state index contributed by atoms with van der Waals surface area (Å²) in [6.45, 7) is 7.77. The van der Waals surface area contributed by atoms with E-state index >= 15 is 0 Å². The molecule has 1 atom stereocenters. The fourth-order valence-electron chi connectivity index (χ4n) is 3.08. The highest BCUT2D eigenvalue weighted by atomic mass is 16.5. The lowest BCUT2D eigenvalue weighted by molar-refractivity contribution is 0.242. The molecular weight excluding hydrogens is 252 g/mol. The van der Waals surface area contributed by atoms with Gasteiger partial charge >= 0.3 is 0 Å². The first-order valence-corrected chi connectivity index (χ1v) is 7.56. The van der Waals surface area contributed by atoms with Crippen molar-refractivity contribution in [2.45, 2.75) is 25.9 Å². The second kappa shape index (κ2) is 6.02. The summed E-state index contributed by atoms with van der Waals surface area (Å²) in [6.07, 6.45) is 2.34. The summed E-state index contributed by atoms with van der Waals surface area (Å²) in [5.74, 6) is 1.84. The first-order chi connectivity index (χ1) is 9.76. The van der Waals surface area contributed by atoms with Crippen LogP contribution in [0.1, 0.15) is 18.1 Å². The molecule has 4 heteroatoms. The maximum atomic E-state index is 5.83. The number of methoxy groups -OCH3 is 1. The molecule has 3 rings (SSSR count). The molecule has 1 unspecified atom stereocenters. The van der Waals surface area contributed by atoms with Crippen molar-refractivity contribution in [2.75, 3.05) is 39.8 Å². The van der Waals surface area contributed by atoms with E-state index in [4.69, 9.17) is 9.47 Å². The number of benzene rings is 1. The lowest BCUT2D eigenvalue weighted by Gasteiger charge is -2.27. The summed E-state index contributed by atoms with van der Waals surface area (Å²) < 4.78 is 11.3. The van der Waals surface area contributed by atoms with Crippen molar-refractivity contribution in [1.29, 1.82) is 0 Å². The van der Waals surface area contributed by atoms with E-state index in [0.717, 1.165) is 57.1 Å². The van der Waals surface area contributed by atoms with Crippen LogP contribution in [0, 0.1) is 0 Å². The average molecular weight is 276 g/mol. The Labute approximate surface area is 121 Å². The molecule has 0 bridgehead atoms. The van der Waals surface area contributed by atoms with Crippen molar-refractivity contribution in [3.05, 3.63) is 23.3 Å². The molecule has 4 nitrogen and oxygen atoms in total. The molecule has 0 aromatic heterocycles. The molecule has 2 aliphatic heterocycles. The van der Waals surface area contributed by atoms with Gasteiger partial charge in [0.1, 0.15) is 6.10 Å². The van der Waals surface area contributed by atoms with Crippen molar-refractivity contribution < 1.29 is 9.47 Å². The number of nitrogens with one attached hydrogen (secondary N) is 1. The van der Waals surface area contributed by atoms with E-state index in [9.17, 15) is 0 Å². The van der Waals surface area contributed by atoms with Crippen LogP contribution in [0.5, 0.6) is 11.5 Å². The summed E-state index contributed by atoms with van der Waals surface area (Å²) in [6, 6.07) is 4.43. The third-order valence-corrected chi connectivity index (χ3v) is 4.16. The maximum Gasteiger partial charge on any atom is 0.164 e. The molecule has 0 spiro atoms. The van der Waals surface area contributed by atoms with Crippen LogP contribution in [0.2, 0.25) is 0 Å². The summed E-state index contributed by atoms with van der Waals surface area (Å²) in [4.78, 5) is 2.52. The van der Waals surface area contributed by atoms with E-state index in [0.29, 0.717) is 0 Å². The van der Waals surface area contributed by atoms with Crippen LogP contribution < -0.4 is 14.8 Å². The predicted molar refractivity (Wildman–Crippen MR) is 79.8 cm³/mol. The highest BCUT2D eigenvalue weighted by molar-refractivity contribution is 5.52. The summed E-state index contributed by atoms with van der Waals surface area (Å²) in [5, 5.41) is 3.39. The summed E-state index contributed by atoms with van der Waals surface area (Å²) in [5.41, 5.74) is 2.66. The first kappa shape index (κ1) is 13.7. The Bertz CT molecular complexity index is 470. The molecule has 20 heavy (non-hydrogen) atoms. The van der Waals surface area contributed by atoms with Crippen LogP contribution in [0.25, 0.3) is 0 Å². The Morgan fingerprint density at radius 3 is 2.90 bits per heavy atom. The monoisotopic (exact) mass is 276 g/mol. The van der Waals surface area contributed by atoms with Gasteiger partial charge < -0.3 is 19.7 Å². The molecule has 1 aromatic carbocycles. The Kier molecular flexibility index (Phi) is 4.13. The van der Waals surface area contributed by atoms with Crippen LogP contribution in [0.4, 0.5) is 0 Å². The SMILES string of the molecule is COc1cc(CCN2CCNCC2)cc2c1OC(C)C2. The molecule has 1 N–H and O–H groups in total. The fourth-order valence-corrected chi connectivity index (χ4v) is 3.08. The lowest BCUT2D eigenvalue weighted by Crippen LogP contribution is -2.44. The van der Waals surface area contributed by atoms with Gasteiger partial charge in [0.15, 0.2) is 11.5 Å². The third-order valence-electron chi connectivity index (χ3n) is 4.16. The number of nitrogens with zero attached hydrogens (tertiary/aromatic N) is 1. The quantitative estimate of drug-likeness (QED) is 0.903. The second-order valence-electron chi connectivity index (χ2n) is 5.76. The minimum Gasteiger partial charge on any atom is -0.493 e. The Morgan fingerprint density at radius 1 is 1.35 bits per heavy atom. The topological polar surface area (TPSA) is 33.7 Å².